The molecule has 29 heavy (non-hydrogen) atoms. The van der Waals surface area contributed by atoms with Crippen LogP contribution in [0.25, 0.3) is 6.08 Å². The zero-order valence-corrected chi connectivity index (χ0v) is 17.8. The van der Waals surface area contributed by atoms with Crippen molar-refractivity contribution in [2.75, 3.05) is 10.6 Å². The Morgan fingerprint density at radius 2 is 1.72 bits per heavy atom. The molecule has 1 aromatic heterocycles. The Morgan fingerprint density at radius 3 is 2.41 bits per heavy atom. The highest BCUT2D eigenvalue weighted by Gasteiger charge is 2.20. The molecule has 0 saturated heterocycles. The third kappa shape index (κ3) is 5.53. The van der Waals surface area contributed by atoms with Gasteiger partial charge in [-0.1, -0.05) is 51.8 Å². The molecular formula is C22H17BrClN3O2. The second-order valence-corrected chi connectivity index (χ2v) is 7.45. The van der Waals surface area contributed by atoms with Gasteiger partial charge in [-0.2, -0.15) is 0 Å². The van der Waals surface area contributed by atoms with E-state index in [4.69, 9.17) is 11.6 Å². The van der Waals surface area contributed by atoms with E-state index in [1.54, 1.807) is 42.5 Å². The van der Waals surface area contributed by atoms with Gasteiger partial charge in [0.25, 0.3) is 11.8 Å². The van der Waals surface area contributed by atoms with E-state index in [2.05, 4.69) is 31.5 Å². The van der Waals surface area contributed by atoms with Gasteiger partial charge >= 0.3 is 0 Å². The number of hydrogen-bond donors (Lipinski definition) is 2. The van der Waals surface area contributed by atoms with Crippen molar-refractivity contribution in [2.45, 2.75) is 6.92 Å². The first kappa shape index (κ1) is 20.8. The van der Waals surface area contributed by atoms with Gasteiger partial charge in [-0.25, -0.2) is 4.98 Å². The number of nitrogens with zero attached hydrogens (tertiary/aromatic N) is 1. The smallest absolute Gasteiger partial charge is 0.261 e. The van der Waals surface area contributed by atoms with Crippen LogP contribution in [-0.4, -0.2) is 16.8 Å². The molecule has 2 amide bonds. The molecule has 2 aromatic carbocycles. The number of nitrogens with one attached hydrogen (secondary N) is 2. The minimum atomic E-state index is -0.552. The fraction of sp³-hybridized carbons (Fsp3) is 0.0455. The quantitative estimate of drug-likeness (QED) is 0.225. The number of para-hydroxylation sites is 1. The fourth-order valence-corrected chi connectivity index (χ4v) is 3.22. The van der Waals surface area contributed by atoms with E-state index in [1.807, 2.05) is 25.1 Å². The fourth-order valence-electron chi connectivity index (χ4n) is 2.57. The van der Waals surface area contributed by atoms with Crippen LogP contribution in [0.2, 0.25) is 5.15 Å². The van der Waals surface area contributed by atoms with E-state index in [9.17, 15) is 9.59 Å². The van der Waals surface area contributed by atoms with Gasteiger partial charge in [-0.3, -0.25) is 9.59 Å². The Balaban J connectivity index is 1.94. The third-order valence-electron chi connectivity index (χ3n) is 4.05. The molecule has 0 unspecified atom stereocenters. The summed E-state index contributed by atoms with van der Waals surface area (Å²) in [5, 5.41) is 5.72. The Labute approximate surface area is 181 Å². The van der Waals surface area contributed by atoms with Crippen molar-refractivity contribution in [3.8, 4) is 0 Å². The second-order valence-electron chi connectivity index (χ2n) is 6.17. The van der Waals surface area contributed by atoms with E-state index >= 15 is 0 Å². The minimum Gasteiger partial charge on any atom is -0.322 e. The van der Waals surface area contributed by atoms with E-state index in [0.29, 0.717) is 16.9 Å². The number of carbonyl (C=O) groups is 2. The van der Waals surface area contributed by atoms with E-state index in [1.165, 1.54) is 12.3 Å². The van der Waals surface area contributed by atoms with Crippen molar-refractivity contribution in [3.05, 3.63) is 93.2 Å². The highest BCUT2D eigenvalue weighted by molar-refractivity contribution is 9.10. The molecular weight excluding hydrogens is 454 g/mol. The van der Waals surface area contributed by atoms with Gasteiger partial charge in [0.2, 0.25) is 0 Å². The van der Waals surface area contributed by atoms with Crippen LogP contribution in [0.1, 0.15) is 11.1 Å². The monoisotopic (exact) mass is 469 g/mol. The maximum absolute atomic E-state index is 13.0. The number of aromatic nitrogens is 1. The van der Waals surface area contributed by atoms with Crippen molar-refractivity contribution in [3.63, 3.8) is 0 Å². The first-order chi connectivity index (χ1) is 13.9. The normalized spacial score (nSPS) is 11.1. The lowest BCUT2D eigenvalue weighted by atomic mass is 10.1. The molecule has 1 heterocycles. The SMILES string of the molecule is Cc1cc(Br)ccc1NC(=O)C(=Cc1cccnc1Cl)C(=O)Nc1ccccc1. The van der Waals surface area contributed by atoms with E-state index in [-0.39, 0.29) is 10.7 Å². The summed E-state index contributed by atoms with van der Waals surface area (Å²) in [6.07, 6.45) is 2.96. The van der Waals surface area contributed by atoms with Gasteiger partial charge in [0.1, 0.15) is 10.7 Å². The van der Waals surface area contributed by atoms with Gasteiger partial charge in [0.15, 0.2) is 0 Å². The predicted molar refractivity (Wildman–Crippen MR) is 120 cm³/mol. The maximum atomic E-state index is 13.0. The summed E-state index contributed by atoms with van der Waals surface area (Å²) in [6, 6.07) is 17.7. The molecule has 0 aliphatic rings. The largest absolute Gasteiger partial charge is 0.322 e. The number of halogens is 2. The molecule has 0 fully saturated rings. The molecule has 146 valence electrons. The first-order valence-electron chi connectivity index (χ1n) is 8.70. The molecule has 7 heteroatoms. The van der Waals surface area contributed by atoms with Crippen LogP contribution in [0.15, 0.2) is 76.9 Å². The number of hydrogen-bond acceptors (Lipinski definition) is 3. The number of rotatable bonds is 5. The van der Waals surface area contributed by atoms with Crippen molar-refractivity contribution < 1.29 is 9.59 Å². The highest BCUT2D eigenvalue weighted by atomic mass is 79.9. The van der Waals surface area contributed by atoms with Crippen LogP contribution in [-0.2, 0) is 9.59 Å². The number of amides is 2. The molecule has 0 saturated carbocycles. The standard InChI is InChI=1S/C22H17BrClN3O2/c1-14-12-16(23)9-10-19(14)27-22(29)18(13-15-6-5-11-25-20(15)24)21(28)26-17-7-3-2-4-8-17/h2-13H,1H3,(H,26,28)(H,27,29). The number of aryl methyl sites for hydroxylation is 1. The Bertz CT molecular complexity index is 1080. The molecule has 0 atom stereocenters. The van der Waals surface area contributed by atoms with Gasteiger partial charge in [0, 0.05) is 27.6 Å². The van der Waals surface area contributed by atoms with Crippen LogP contribution >= 0.6 is 27.5 Å². The van der Waals surface area contributed by atoms with Crippen LogP contribution < -0.4 is 10.6 Å². The average molecular weight is 471 g/mol. The maximum Gasteiger partial charge on any atom is 0.261 e. The predicted octanol–water partition coefficient (Wildman–Crippen LogP) is 5.47. The molecule has 0 spiro atoms. The molecule has 2 N–H and O–H groups in total. The van der Waals surface area contributed by atoms with Gasteiger partial charge in [0.05, 0.1) is 0 Å². The zero-order chi connectivity index (χ0) is 20.8. The molecule has 0 radical (unpaired) electrons. The van der Waals surface area contributed by atoms with Crippen LogP contribution in [0.4, 0.5) is 11.4 Å². The molecule has 3 rings (SSSR count). The minimum absolute atomic E-state index is 0.0916. The topological polar surface area (TPSA) is 71.1 Å². The molecule has 0 aliphatic heterocycles. The number of benzene rings is 2. The van der Waals surface area contributed by atoms with Crippen molar-refractivity contribution in [1.29, 1.82) is 0 Å². The lowest BCUT2D eigenvalue weighted by Gasteiger charge is -2.12. The molecule has 5 nitrogen and oxygen atoms in total. The van der Waals surface area contributed by atoms with E-state index < -0.39 is 11.8 Å². The summed E-state index contributed by atoms with van der Waals surface area (Å²) in [5.74, 6) is -1.10. The van der Waals surface area contributed by atoms with Crippen LogP contribution in [0.5, 0.6) is 0 Å². The number of anilines is 2. The zero-order valence-electron chi connectivity index (χ0n) is 15.4. The number of carbonyl (C=O) groups excluding carboxylic acids is 2. The van der Waals surface area contributed by atoms with Gasteiger partial charge in [-0.15, -0.1) is 0 Å². The van der Waals surface area contributed by atoms with Crippen molar-refractivity contribution in [1.82, 2.24) is 4.98 Å². The first-order valence-corrected chi connectivity index (χ1v) is 9.87. The Morgan fingerprint density at radius 1 is 1.00 bits per heavy atom. The average Bonchev–Trinajstić information content (AvgIpc) is 2.70. The Kier molecular flexibility index (Phi) is 6.80. The molecule has 3 aromatic rings. The van der Waals surface area contributed by atoms with Crippen LogP contribution in [0.3, 0.4) is 0 Å². The Hall–Kier alpha value is -2.96. The summed E-state index contributed by atoms with van der Waals surface area (Å²) in [5.41, 5.74) is 2.42. The summed E-state index contributed by atoms with van der Waals surface area (Å²) < 4.78 is 0.896. The van der Waals surface area contributed by atoms with Crippen LogP contribution in [0, 0.1) is 6.92 Å². The molecule has 0 bridgehead atoms. The molecule has 0 aliphatic carbocycles. The lowest BCUT2D eigenvalue weighted by molar-refractivity contribution is -0.118. The summed E-state index contributed by atoms with van der Waals surface area (Å²) in [7, 11) is 0. The lowest BCUT2D eigenvalue weighted by Crippen LogP contribution is -2.25. The van der Waals surface area contributed by atoms with Crippen molar-refractivity contribution in [2.24, 2.45) is 0 Å². The second kappa shape index (κ2) is 9.49. The summed E-state index contributed by atoms with van der Waals surface area (Å²) in [4.78, 5) is 29.9. The highest BCUT2D eigenvalue weighted by Crippen LogP contribution is 2.22. The van der Waals surface area contributed by atoms with E-state index in [0.717, 1.165) is 10.0 Å². The number of pyridine rings is 1. The van der Waals surface area contributed by atoms with Crippen molar-refractivity contribution >= 4 is 56.8 Å². The van der Waals surface area contributed by atoms with Gasteiger partial charge < -0.3 is 10.6 Å². The summed E-state index contributed by atoms with van der Waals surface area (Å²) in [6.45, 7) is 1.87. The third-order valence-corrected chi connectivity index (χ3v) is 4.85. The van der Waals surface area contributed by atoms with Gasteiger partial charge in [-0.05, 0) is 55.0 Å². The summed E-state index contributed by atoms with van der Waals surface area (Å²) >= 11 is 9.51.